The van der Waals surface area contributed by atoms with Crippen LogP contribution in [0.25, 0.3) is 10.9 Å². The second kappa shape index (κ2) is 6.74. The molecular formula is C21H23N. The second-order valence-corrected chi connectivity index (χ2v) is 6.14. The van der Waals surface area contributed by atoms with Crippen LogP contribution in [-0.2, 0) is 6.42 Å². The Kier molecular flexibility index (Phi) is 4.53. The normalized spacial score (nSPS) is 12.5. The van der Waals surface area contributed by atoms with Gasteiger partial charge in [0.2, 0.25) is 0 Å². The Hall–Kier alpha value is -2.15. The first-order valence-corrected chi connectivity index (χ1v) is 8.14. The van der Waals surface area contributed by atoms with Crippen LogP contribution >= 0.6 is 0 Å². The molecule has 1 heteroatoms. The van der Waals surface area contributed by atoms with Crippen LogP contribution in [0, 0.1) is 6.92 Å². The third-order valence-electron chi connectivity index (χ3n) is 4.52. The molecule has 1 atom stereocenters. The fourth-order valence-corrected chi connectivity index (χ4v) is 3.26. The maximum absolute atomic E-state index is 4.55. The predicted molar refractivity (Wildman–Crippen MR) is 94.3 cm³/mol. The van der Waals surface area contributed by atoms with Crippen molar-refractivity contribution in [1.82, 2.24) is 4.98 Å². The Morgan fingerprint density at radius 1 is 0.955 bits per heavy atom. The molecule has 0 saturated heterocycles. The number of para-hydroxylation sites is 1. The molecule has 1 unspecified atom stereocenters. The summed E-state index contributed by atoms with van der Waals surface area (Å²) in [5.74, 6) is 0.615. The van der Waals surface area contributed by atoms with E-state index in [-0.39, 0.29) is 0 Å². The fourth-order valence-electron chi connectivity index (χ4n) is 3.26. The summed E-state index contributed by atoms with van der Waals surface area (Å²) in [6, 6.07) is 19.4. The highest BCUT2D eigenvalue weighted by atomic mass is 14.6. The highest BCUT2D eigenvalue weighted by molar-refractivity contribution is 5.81. The largest absolute Gasteiger partial charge is 0.256 e. The summed E-state index contributed by atoms with van der Waals surface area (Å²) in [7, 11) is 0. The van der Waals surface area contributed by atoms with E-state index < -0.39 is 0 Å². The average molecular weight is 289 g/mol. The van der Waals surface area contributed by atoms with E-state index in [4.69, 9.17) is 0 Å². The number of hydrogen-bond donors (Lipinski definition) is 0. The Labute approximate surface area is 133 Å². The maximum Gasteiger partial charge on any atom is 0.0733 e. The van der Waals surface area contributed by atoms with Gasteiger partial charge < -0.3 is 0 Å². The van der Waals surface area contributed by atoms with E-state index in [1.54, 1.807) is 0 Å². The molecule has 0 aliphatic carbocycles. The summed E-state index contributed by atoms with van der Waals surface area (Å²) < 4.78 is 0. The van der Waals surface area contributed by atoms with E-state index in [1.807, 2.05) is 12.3 Å². The Balaban J connectivity index is 1.66. The lowest BCUT2D eigenvalue weighted by molar-refractivity contribution is 0.632. The van der Waals surface area contributed by atoms with E-state index in [0.29, 0.717) is 5.92 Å². The van der Waals surface area contributed by atoms with Crippen molar-refractivity contribution >= 4 is 10.9 Å². The molecule has 0 aliphatic rings. The van der Waals surface area contributed by atoms with Crippen molar-refractivity contribution in [3.8, 4) is 0 Å². The van der Waals surface area contributed by atoms with Crippen LogP contribution in [0.15, 0.2) is 60.8 Å². The molecule has 22 heavy (non-hydrogen) atoms. The zero-order valence-electron chi connectivity index (χ0n) is 13.4. The first-order valence-electron chi connectivity index (χ1n) is 8.14. The molecule has 0 spiro atoms. The SMILES string of the molecule is Cc1ccccc1C(C)CCCc1cccc2cccnc12. The summed E-state index contributed by atoms with van der Waals surface area (Å²) in [5.41, 5.74) is 5.42. The molecule has 1 nitrogen and oxygen atoms in total. The molecule has 0 bridgehead atoms. The maximum atomic E-state index is 4.55. The average Bonchev–Trinajstić information content (AvgIpc) is 2.55. The van der Waals surface area contributed by atoms with Crippen molar-refractivity contribution < 1.29 is 0 Å². The molecule has 0 saturated carbocycles. The van der Waals surface area contributed by atoms with E-state index in [1.165, 1.54) is 34.9 Å². The zero-order valence-corrected chi connectivity index (χ0v) is 13.4. The molecule has 1 heterocycles. The van der Waals surface area contributed by atoms with Gasteiger partial charge in [-0.3, -0.25) is 4.98 Å². The van der Waals surface area contributed by atoms with Crippen molar-refractivity contribution in [3.05, 3.63) is 77.5 Å². The first-order chi connectivity index (χ1) is 10.8. The molecule has 0 radical (unpaired) electrons. The summed E-state index contributed by atoms with van der Waals surface area (Å²) in [5, 5.41) is 1.24. The number of benzene rings is 2. The molecule has 3 aromatic rings. The Morgan fingerprint density at radius 2 is 1.77 bits per heavy atom. The van der Waals surface area contributed by atoms with Crippen LogP contribution in [-0.4, -0.2) is 4.98 Å². The van der Waals surface area contributed by atoms with Crippen LogP contribution in [0.2, 0.25) is 0 Å². The first kappa shape index (κ1) is 14.8. The van der Waals surface area contributed by atoms with E-state index in [0.717, 1.165) is 11.9 Å². The third-order valence-corrected chi connectivity index (χ3v) is 4.52. The number of rotatable bonds is 5. The minimum atomic E-state index is 0.615. The van der Waals surface area contributed by atoms with Crippen molar-refractivity contribution in [2.45, 2.75) is 39.0 Å². The third kappa shape index (κ3) is 3.19. The molecule has 112 valence electrons. The summed E-state index contributed by atoms with van der Waals surface area (Å²) in [6.45, 7) is 4.55. The topological polar surface area (TPSA) is 12.9 Å². The highest BCUT2D eigenvalue weighted by Gasteiger charge is 2.08. The lowest BCUT2D eigenvalue weighted by Gasteiger charge is -2.14. The Bertz CT molecular complexity index is 755. The fraction of sp³-hybridized carbons (Fsp3) is 0.286. The van der Waals surface area contributed by atoms with Crippen LogP contribution in [0.3, 0.4) is 0 Å². The molecule has 0 fully saturated rings. The van der Waals surface area contributed by atoms with Gasteiger partial charge in [-0.1, -0.05) is 55.5 Å². The van der Waals surface area contributed by atoms with Gasteiger partial charge in [-0.15, -0.1) is 0 Å². The summed E-state index contributed by atoms with van der Waals surface area (Å²) >= 11 is 0. The lowest BCUT2D eigenvalue weighted by Crippen LogP contribution is -1.98. The van der Waals surface area contributed by atoms with E-state index in [2.05, 4.69) is 67.4 Å². The van der Waals surface area contributed by atoms with Gasteiger partial charge in [-0.05, 0) is 54.9 Å². The minimum absolute atomic E-state index is 0.615. The summed E-state index contributed by atoms with van der Waals surface area (Å²) in [6.07, 6.45) is 5.41. The van der Waals surface area contributed by atoms with E-state index in [9.17, 15) is 0 Å². The predicted octanol–water partition coefficient (Wildman–Crippen LogP) is 5.67. The van der Waals surface area contributed by atoms with Gasteiger partial charge in [0, 0.05) is 11.6 Å². The number of hydrogen-bond acceptors (Lipinski definition) is 1. The number of nitrogens with zero attached hydrogens (tertiary/aromatic N) is 1. The van der Waals surface area contributed by atoms with Crippen LogP contribution in [0.5, 0.6) is 0 Å². The lowest BCUT2D eigenvalue weighted by atomic mass is 9.91. The molecule has 0 aliphatic heterocycles. The smallest absolute Gasteiger partial charge is 0.0733 e. The standard InChI is InChI=1S/C21H23N/c1-16-8-3-4-14-20(16)17(2)9-5-10-18-11-6-12-19-13-7-15-22-21(18)19/h3-4,6-8,11-15,17H,5,9-10H2,1-2H3. The van der Waals surface area contributed by atoms with E-state index >= 15 is 0 Å². The monoisotopic (exact) mass is 289 g/mol. The van der Waals surface area contributed by atoms with Gasteiger partial charge in [-0.2, -0.15) is 0 Å². The van der Waals surface area contributed by atoms with Gasteiger partial charge in [0.15, 0.2) is 0 Å². The van der Waals surface area contributed by atoms with Gasteiger partial charge in [0.05, 0.1) is 5.52 Å². The summed E-state index contributed by atoms with van der Waals surface area (Å²) in [4.78, 5) is 4.55. The molecule has 1 aromatic heterocycles. The molecular weight excluding hydrogens is 266 g/mol. The second-order valence-electron chi connectivity index (χ2n) is 6.14. The minimum Gasteiger partial charge on any atom is -0.256 e. The van der Waals surface area contributed by atoms with Crippen LogP contribution in [0.1, 0.15) is 42.4 Å². The van der Waals surface area contributed by atoms with Gasteiger partial charge in [0.25, 0.3) is 0 Å². The quantitative estimate of drug-likeness (QED) is 0.589. The van der Waals surface area contributed by atoms with Gasteiger partial charge >= 0.3 is 0 Å². The zero-order chi connectivity index (χ0) is 15.4. The van der Waals surface area contributed by atoms with Crippen molar-refractivity contribution in [2.24, 2.45) is 0 Å². The van der Waals surface area contributed by atoms with Crippen molar-refractivity contribution in [2.75, 3.05) is 0 Å². The van der Waals surface area contributed by atoms with Crippen LogP contribution in [0.4, 0.5) is 0 Å². The molecule has 0 N–H and O–H groups in total. The molecule has 3 rings (SSSR count). The Morgan fingerprint density at radius 3 is 2.64 bits per heavy atom. The van der Waals surface area contributed by atoms with Crippen molar-refractivity contribution in [1.29, 1.82) is 0 Å². The van der Waals surface area contributed by atoms with Crippen molar-refractivity contribution in [3.63, 3.8) is 0 Å². The molecule has 0 amide bonds. The number of aromatic nitrogens is 1. The van der Waals surface area contributed by atoms with Crippen LogP contribution < -0.4 is 0 Å². The number of pyridine rings is 1. The highest BCUT2D eigenvalue weighted by Crippen LogP contribution is 2.25. The number of aryl methyl sites for hydroxylation is 2. The number of fused-ring (bicyclic) bond motifs is 1. The van der Waals surface area contributed by atoms with Gasteiger partial charge in [0.1, 0.15) is 0 Å². The molecule has 2 aromatic carbocycles. The van der Waals surface area contributed by atoms with Gasteiger partial charge in [-0.25, -0.2) is 0 Å².